The zero-order chi connectivity index (χ0) is 20.3. The highest BCUT2D eigenvalue weighted by atomic mass is 35.5. The first-order valence-electron chi connectivity index (χ1n) is 8.79. The summed E-state index contributed by atoms with van der Waals surface area (Å²) in [6.45, 7) is 5.92. The summed E-state index contributed by atoms with van der Waals surface area (Å²) in [6, 6.07) is 11.9. The molecule has 0 bridgehead atoms. The van der Waals surface area contributed by atoms with Gasteiger partial charge < -0.3 is 9.30 Å². The molecule has 8 heteroatoms. The highest BCUT2D eigenvalue weighted by molar-refractivity contribution is 7.98. The van der Waals surface area contributed by atoms with Crippen LogP contribution in [-0.2, 0) is 5.75 Å². The largest absolute Gasteiger partial charge is 0.480 e. The van der Waals surface area contributed by atoms with Crippen molar-refractivity contribution in [1.82, 2.24) is 14.8 Å². The van der Waals surface area contributed by atoms with E-state index in [0.29, 0.717) is 21.6 Å². The lowest BCUT2D eigenvalue weighted by Crippen LogP contribution is -2.14. The normalized spacial score (nSPS) is 12.4. The maximum atomic E-state index is 13.9. The standard InChI is InChI=1S/C20H20Cl2FN3OS/c1-12(2)26-19(13(3)27-18-7-5-4-6-17(18)23)24-25-20(26)28-11-14-8-9-15(21)10-16(14)22/h4-10,12-13H,11H2,1-3H3. The van der Waals surface area contributed by atoms with Crippen LogP contribution >= 0.6 is 35.0 Å². The van der Waals surface area contributed by atoms with Gasteiger partial charge in [0.1, 0.15) is 0 Å². The van der Waals surface area contributed by atoms with E-state index in [2.05, 4.69) is 10.2 Å². The van der Waals surface area contributed by atoms with Gasteiger partial charge in [0, 0.05) is 21.8 Å². The Balaban J connectivity index is 1.80. The summed E-state index contributed by atoms with van der Waals surface area (Å²) < 4.78 is 21.7. The molecule has 0 aliphatic heterocycles. The predicted octanol–water partition coefficient (Wildman–Crippen LogP) is 6.74. The molecule has 3 rings (SSSR count). The van der Waals surface area contributed by atoms with E-state index in [1.807, 2.05) is 37.5 Å². The van der Waals surface area contributed by atoms with Crippen LogP contribution in [0.25, 0.3) is 0 Å². The maximum Gasteiger partial charge on any atom is 0.191 e. The molecule has 0 aliphatic rings. The van der Waals surface area contributed by atoms with E-state index >= 15 is 0 Å². The van der Waals surface area contributed by atoms with E-state index in [9.17, 15) is 4.39 Å². The molecule has 1 heterocycles. The van der Waals surface area contributed by atoms with Crippen LogP contribution in [0.5, 0.6) is 5.75 Å². The molecular weight excluding hydrogens is 420 g/mol. The fraction of sp³-hybridized carbons (Fsp3) is 0.300. The van der Waals surface area contributed by atoms with Gasteiger partial charge in [-0.05, 0) is 50.6 Å². The Morgan fingerprint density at radius 1 is 1.11 bits per heavy atom. The fourth-order valence-corrected chi connectivity index (χ4v) is 4.35. The van der Waals surface area contributed by atoms with Gasteiger partial charge >= 0.3 is 0 Å². The number of hydrogen-bond acceptors (Lipinski definition) is 4. The van der Waals surface area contributed by atoms with Crippen LogP contribution in [0.15, 0.2) is 47.6 Å². The smallest absolute Gasteiger partial charge is 0.191 e. The van der Waals surface area contributed by atoms with Gasteiger partial charge in [-0.1, -0.05) is 53.2 Å². The second-order valence-electron chi connectivity index (χ2n) is 6.52. The van der Waals surface area contributed by atoms with Crippen LogP contribution in [0.4, 0.5) is 4.39 Å². The van der Waals surface area contributed by atoms with Crippen molar-refractivity contribution in [2.45, 2.75) is 43.8 Å². The van der Waals surface area contributed by atoms with Crippen molar-refractivity contribution in [2.75, 3.05) is 0 Å². The number of benzene rings is 2. The minimum absolute atomic E-state index is 0.111. The number of rotatable bonds is 7. The average Bonchev–Trinajstić information content (AvgIpc) is 3.07. The predicted molar refractivity (Wildman–Crippen MR) is 112 cm³/mol. The molecule has 2 aromatic carbocycles. The Bertz CT molecular complexity index is 964. The van der Waals surface area contributed by atoms with Crippen molar-refractivity contribution >= 4 is 35.0 Å². The monoisotopic (exact) mass is 439 g/mol. The summed E-state index contributed by atoms with van der Waals surface area (Å²) >= 11 is 13.7. The Morgan fingerprint density at radius 3 is 2.54 bits per heavy atom. The first-order valence-corrected chi connectivity index (χ1v) is 10.5. The Kier molecular flexibility index (Phi) is 6.86. The molecule has 0 amide bonds. The second-order valence-corrected chi connectivity index (χ2v) is 8.31. The van der Waals surface area contributed by atoms with Crippen molar-refractivity contribution in [3.63, 3.8) is 0 Å². The molecule has 0 fully saturated rings. The van der Waals surface area contributed by atoms with Crippen LogP contribution in [0, 0.1) is 5.82 Å². The molecule has 148 valence electrons. The quantitative estimate of drug-likeness (QED) is 0.382. The molecule has 0 N–H and O–H groups in total. The third-order valence-corrected chi connectivity index (χ3v) is 5.66. The third kappa shape index (κ3) is 4.80. The Labute approximate surface area is 178 Å². The molecule has 1 unspecified atom stereocenters. The lowest BCUT2D eigenvalue weighted by Gasteiger charge is -2.19. The molecule has 1 atom stereocenters. The van der Waals surface area contributed by atoms with Gasteiger partial charge in [0.05, 0.1) is 0 Å². The lowest BCUT2D eigenvalue weighted by atomic mass is 10.2. The topological polar surface area (TPSA) is 39.9 Å². The Hall–Kier alpha value is -1.76. The molecule has 3 aromatic rings. The van der Waals surface area contributed by atoms with Crippen LogP contribution in [0.1, 0.15) is 44.3 Å². The number of nitrogens with zero attached hydrogens (tertiary/aromatic N) is 3. The summed E-state index contributed by atoms with van der Waals surface area (Å²) in [5.74, 6) is 1.05. The fourth-order valence-electron chi connectivity index (χ4n) is 2.71. The summed E-state index contributed by atoms with van der Waals surface area (Å²) in [4.78, 5) is 0. The van der Waals surface area contributed by atoms with Gasteiger partial charge in [0.15, 0.2) is 28.7 Å². The lowest BCUT2D eigenvalue weighted by molar-refractivity contribution is 0.198. The van der Waals surface area contributed by atoms with E-state index in [0.717, 1.165) is 10.7 Å². The van der Waals surface area contributed by atoms with E-state index in [1.165, 1.54) is 17.8 Å². The van der Waals surface area contributed by atoms with E-state index in [1.54, 1.807) is 24.3 Å². The summed E-state index contributed by atoms with van der Waals surface area (Å²) in [5, 5.41) is 10.6. The highest BCUT2D eigenvalue weighted by Crippen LogP contribution is 2.32. The molecule has 0 saturated carbocycles. The van der Waals surface area contributed by atoms with Crippen LogP contribution in [0.2, 0.25) is 10.0 Å². The minimum atomic E-state index is -0.458. The van der Waals surface area contributed by atoms with Crippen molar-refractivity contribution in [1.29, 1.82) is 0 Å². The van der Waals surface area contributed by atoms with Crippen LogP contribution in [-0.4, -0.2) is 14.8 Å². The number of aromatic nitrogens is 3. The van der Waals surface area contributed by atoms with Crippen molar-refractivity contribution < 1.29 is 9.13 Å². The molecular formula is C20H20Cl2FN3OS. The van der Waals surface area contributed by atoms with Gasteiger partial charge in [-0.25, -0.2) is 4.39 Å². The number of thioether (sulfide) groups is 1. The number of ether oxygens (including phenoxy) is 1. The van der Waals surface area contributed by atoms with Gasteiger partial charge in [-0.3, -0.25) is 0 Å². The zero-order valence-electron chi connectivity index (χ0n) is 15.7. The molecule has 0 saturated heterocycles. The SMILES string of the molecule is CC(Oc1ccccc1F)c1nnc(SCc2ccc(Cl)cc2Cl)n1C(C)C. The number of halogens is 3. The molecule has 0 spiro atoms. The first kappa shape index (κ1) is 21.0. The zero-order valence-corrected chi connectivity index (χ0v) is 18.0. The second kappa shape index (κ2) is 9.16. The van der Waals surface area contributed by atoms with E-state index < -0.39 is 11.9 Å². The van der Waals surface area contributed by atoms with Crippen molar-refractivity contribution in [3.8, 4) is 5.75 Å². The summed E-state index contributed by atoms with van der Waals surface area (Å²) in [5.41, 5.74) is 0.964. The van der Waals surface area contributed by atoms with Gasteiger partial charge in [0.2, 0.25) is 0 Å². The van der Waals surface area contributed by atoms with E-state index in [-0.39, 0.29) is 11.8 Å². The molecule has 28 heavy (non-hydrogen) atoms. The molecule has 0 aliphatic carbocycles. The minimum Gasteiger partial charge on any atom is -0.480 e. The van der Waals surface area contributed by atoms with Gasteiger partial charge in [-0.2, -0.15) is 0 Å². The van der Waals surface area contributed by atoms with Crippen molar-refractivity contribution in [2.24, 2.45) is 0 Å². The maximum absolute atomic E-state index is 13.9. The van der Waals surface area contributed by atoms with Crippen molar-refractivity contribution in [3.05, 3.63) is 69.7 Å². The van der Waals surface area contributed by atoms with Gasteiger partial charge in [-0.15, -0.1) is 10.2 Å². The molecule has 0 radical (unpaired) electrons. The summed E-state index contributed by atoms with van der Waals surface area (Å²) in [6.07, 6.45) is -0.458. The molecule has 4 nitrogen and oxygen atoms in total. The first-order chi connectivity index (χ1) is 13.4. The number of para-hydroxylation sites is 1. The molecule has 1 aromatic heterocycles. The van der Waals surface area contributed by atoms with Crippen LogP contribution in [0.3, 0.4) is 0 Å². The number of hydrogen-bond donors (Lipinski definition) is 0. The third-order valence-electron chi connectivity index (χ3n) is 4.08. The summed E-state index contributed by atoms with van der Waals surface area (Å²) in [7, 11) is 0. The highest BCUT2D eigenvalue weighted by Gasteiger charge is 2.22. The average molecular weight is 440 g/mol. The van der Waals surface area contributed by atoms with E-state index in [4.69, 9.17) is 27.9 Å². The Morgan fingerprint density at radius 2 is 1.86 bits per heavy atom. The van der Waals surface area contributed by atoms with Gasteiger partial charge in [0.25, 0.3) is 0 Å². The van der Waals surface area contributed by atoms with Crippen LogP contribution < -0.4 is 4.74 Å².